The van der Waals surface area contributed by atoms with E-state index in [0.717, 1.165) is 49.3 Å². The van der Waals surface area contributed by atoms with Gasteiger partial charge in [0.25, 0.3) is 23.7 Å². The van der Waals surface area contributed by atoms with Crippen LogP contribution in [0, 0.1) is 23.3 Å². The van der Waals surface area contributed by atoms with E-state index in [1.165, 1.54) is 19.2 Å². The molecule has 0 fully saturated rings. The molecule has 0 aliphatic carbocycles. The van der Waals surface area contributed by atoms with Crippen LogP contribution in [0.3, 0.4) is 0 Å². The van der Waals surface area contributed by atoms with Crippen molar-refractivity contribution in [1.82, 2.24) is 69.7 Å². The van der Waals surface area contributed by atoms with Crippen LogP contribution in [-0.2, 0) is 31.7 Å². The smallest absolute Gasteiger partial charge is 0.330 e. The maximum Gasteiger partial charge on any atom is 0.436 e. The van der Waals surface area contributed by atoms with Gasteiger partial charge in [0.2, 0.25) is 0 Å². The zero-order valence-corrected chi connectivity index (χ0v) is 30.5. The summed E-state index contributed by atoms with van der Waals surface area (Å²) in [4.78, 5) is 49.3. The van der Waals surface area contributed by atoms with Gasteiger partial charge < -0.3 is 9.80 Å². The Morgan fingerprint density at radius 2 is 1.12 bits per heavy atom. The molecule has 0 N–H and O–H groups in total. The summed E-state index contributed by atoms with van der Waals surface area (Å²) in [5.74, 6) is -6.41. The lowest BCUT2D eigenvalue weighted by atomic mass is 10.0. The van der Waals surface area contributed by atoms with Crippen molar-refractivity contribution in [2.45, 2.75) is 57.7 Å². The van der Waals surface area contributed by atoms with E-state index >= 15 is 0 Å². The predicted octanol–water partition coefficient (Wildman–Crippen LogP) is 4.85. The zero-order chi connectivity index (χ0) is 43.3. The van der Waals surface area contributed by atoms with Crippen molar-refractivity contribution in [2.75, 3.05) is 6.54 Å². The number of fused-ring (bicyclic) bond motifs is 2. The number of hydrogen-bond acceptors (Lipinski definition) is 12. The lowest BCUT2D eigenvalue weighted by Crippen LogP contribution is -2.43. The van der Waals surface area contributed by atoms with Crippen molar-refractivity contribution in [1.29, 1.82) is 0 Å². The quantitative estimate of drug-likeness (QED) is 0.221. The highest BCUT2D eigenvalue weighted by molar-refractivity contribution is 5.95. The molecule has 2 amide bonds. The van der Waals surface area contributed by atoms with Crippen molar-refractivity contribution >= 4 is 11.8 Å². The molecule has 6 aromatic rings. The van der Waals surface area contributed by atoms with E-state index in [-0.39, 0.29) is 37.8 Å². The topological polar surface area (TPSA) is 179 Å². The first-order valence-corrected chi connectivity index (χ1v) is 17.2. The van der Waals surface area contributed by atoms with Crippen LogP contribution in [0.4, 0.5) is 43.9 Å². The maximum absolute atomic E-state index is 14.3. The van der Waals surface area contributed by atoms with Crippen molar-refractivity contribution < 1.29 is 53.5 Å². The molecule has 6 aromatic heterocycles. The average molecular weight is 851 g/mol. The second-order valence-corrected chi connectivity index (χ2v) is 13.1. The molecule has 312 valence electrons. The van der Waals surface area contributed by atoms with Crippen LogP contribution in [0.15, 0.2) is 49.3 Å². The van der Waals surface area contributed by atoms with Gasteiger partial charge in [-0.15, -0.1) is 10.2 Å². The second-order valence-electron chi connectivity index (χ2n) is 13.1. The summed E-state index contributed by atoms with van der Waals surface area (Å²) in [6.07, 6.45) is -4.33. The molecule has 0 spiro atoms. The minimum atomic E-state index is -5.03. The van der Waals surface area contributed by atoms with Crippen LogP contribution in [0.2, 0.25) is 0 Å². The summed E-state index contributed by atoms with van der Waals surface area (Å²) in [5.41, 5.74) is -3.15. The summed E-state index contributed by atoms with van der Waals surface area (Å²) < 4.78 is 135. The van der Waals surface area contributed by atoms with Crippen LogP contribution in [0.1, 0.15) is 74.8 Å². The second kappa shape index (κ2) is 15.6. The van der Waals surface area contributed by atoms with Gasteiger partial charge in [0.05, 0.1) is 59.9 Å². The third kappa shape index (κ3) is 7.78. The van der Waals surface area contributed by atoms with Gasteiger partial charge in [-0.3, -0.25) is 9.59 Å². The van der Waals surface area contributed by atoms with E-state index in [0.29, 0.717) is 22.8 Å². The van der Waals surface area contributed by atoms with Crippen molar-refractivity contribution in [3.63, 3.8) is 0 Å². The van der Waals surface area contributed by atoms with Gasteiger partial charge in [0.15, 0.2) is 34.7 Å². The van der Waals surface area contributed by atoms with Gasteiger partial charge in [-0.05, 0) is 26.0 Å². The van der Waals surface area contributed by atoms with E-state index in [1.807, 2.05) is 0 Å². The average Bonchev–Trinajstić information content (AvgIpc) is 3.82. The number of hydrogen-bond donors (Lipinski definition) is 0. The van der Waals surface area contributed by atoms with E-state index < -0.39 is 82.0 Å². The highest BCUT2D eigenvalue weighted by Gasteiger charge is 2.41. The zero-order valence-electron chi connectivity index (χ0n) is 30.5. The van der Waals surface area contributed by atoms with Crippen LogP contribution in [0.5, 0.6) is 0 Å². The van der Waals surface area contributed by atoms with Crippen molar-refractivity contribution in [3.8, 4) is 11.9 Å². The molecule has 0 saturated heterocycles. The number of halogens is 10. The first-order chi connectivity index (χ1) is 28.3. The van der Waals surface area contributed by atoms with Gasteiger partial charge in [0, 0.05) is 37.8 Å². The molecule has 0 bridgehead atoms. The Bertz CT molecular complexity index is 2510. The fourth-order valence-corrected chi connectivity index (χ4v) is 6.43. The molecule has 0 unspecified atom stereocenters. The number of nitrogens with zero attached hydrogens (tertiary/aromatic N) is 14. The number of carbonyl (C=O) groups is 2. The fraction of sp³-hybridized carbons (Fsp3) is 0.294. The molecular weight excluding hydrogens is 826 g/mol. The number of alkyl halides is 6. The number of carbonyl (C=O) groups excluding carboxylic acids is 2. The number of amides is 2. The molecule has 2 aliphatic heterocycles. The summed E-state index contributed by atoms with van der Waals surface area (Å²) in [7, 11) is 0. The molecule has 0 radical (unpaired) electrons. The molecule has 60 heavy (non-hydrogen) atoms. The fourth-order valence-electron chi connectivity index (χ4n) is 6.43. The third-order valence-corrected chi connectivity index (χ3v) is 9.32. The molecule has 2 aliphatic rings. The highest BCUT2D eigenvalue weighted by atomic mass is 19.4. The Kier molecular flexibility index (Phi) is 10.7. The highest BCUT2D eigenvalue weighted by Crippen LogP contribution is 2.35. The molecule has 2 atom stereocenters. The van der Waals surface area contributed by atoms with Gasteiger partial charge in [-0.2, -0.15) is 35.7 Å². The Morgan fingerprint density at radius 1 is 0.650 bits per heavy atom. The lowest BCUT2D eigenvalue weighted by molar-refractivity contribution is -0.144. The minimum absolute atomic E-state index is 0.0602. The third-order valence-electron chi connectivity index (χ3n) is 9.32. The van der Waals surface area contributed by atoms with Gasteiger partial charge in [0.1, 0.15) is 11.4 Å². The van der Waals surface area contributed by atoms with Crippen LogP contribution < -0.4 is 0 Å². The van der Waals surface area contributed by atoms with Crippen LogP contribution in [0.25, 0.3) is 11.9 Å². The monoisotopic (exact) mass is 850 g/mol. The maximum atomic E-state index is 14.3. The minimum Gasteiger partial charge on any atom is -0.330 e. The molecular formula is C34H24F10N14O2. The van der Waals surface area contributed by atoms with Crippen molar-refractivity contribution in [3.05, 3.63) is 118 Å². The molecule has 0 saturated carbocycles. The first-order valence-electron chi connectivity index (χ1n) is 17.2. The Hall–Kier alpha value is -7.02. The van der Waals surface area contributed by atoms with Crippen LogP contribution in [-0.4, -0.2) is 94.1 Å². The van der Waals surface area contributed by atoms with E-state index in [2.05, 4.69) is 50.5 Å². The molecule has 0 aromatic carbocycles. The van der Waals surface area contributed by atoms with E-state index in [4.69, 9.17) is 0 Å². The normalized spacial score (nSPS) is 16.5. The molecule has 8 heterocycles. The van der Waals surface area contributed by atoms with E-state index in [9.17, 15) is 53.5 Å². The summed E-state index contributed by atoms with van der Waals surface area (Å²) in [6, 6.07) is 0.568. The molecule has 8 rings (SSSR count). The number of aromatic nitrogens is 12. The first kappa shape index (κ1) is 41.2. The summed E-state index contributed by atoms with van der Waals surface area (Å²) in [5, 5.41) is 15.8. The van der Waals surface area contributed by atoms with Gasteiger partial charge in [-0.25, -0.2) is 47.5 Å². The Balaban J connectivity index is 0.000000181. The lowest BCUT2D eigenvalue weighted by Gasteiger charge is -2.33. The largest absolute Gasteiger partial charge is 0.436 e. The van der Waals surface area contributed by atoms with Crippen LogP contribution >= 0.6 is 0 Å². The molecule has 26 heteroatoms. The van der Waals surface area contributed by atoms with Gasteiger partial charge >= 0.3 is 12.4 Å². The Labute approximate surface area is 328 Å². The number of pyridine rings is 2. The van der Waals surface area contributed by atoms with Gasteiger partial charge in [-0.1, -0.05) is 10.4 Å². The summed E-state index contributed by atoms with van der Waals surface area (Å²) >= 11 is 0. The Morgan fingerprint density at radius 3 is 1.62 bits per heavy atom. The molecule has 16 nitrogen and oxygen atoms in total. The summed E-state index contributed by atoms with van der Waals surface area (Å²) in [6.45, 7) is 3.18. The number of rotatable bonds is 4. The predicted molar refractivity (Wildman–Crippen MR) is 178 cm³/mol. The standard InChI is InChI=1S/2C17H12F5N7O/c1-8-13-11(29(27-26-13)16-24-6-9(18)7-25-16)3-5-28(8)15(30)10-2-4-23-14(12(10)19)17(20,21)22;1-8-4-12-11(26-27-29(12)16-24-5-9(18)6-25-16)7-28(8)15(30)10-2-3-23-14(13(10)19)17(20,21)22/h2,4,6-8H,3,5H2,1H3;2-3,5-6,8H,4,7H2,1H3/t2*8-/m00/s1. The SMILES string of the molecule is C[C@H]1Cc2c(nnn2-c2ncc(F)cn2)CN1C(=O)c1ccnc(C(F)(F)F)c1F.C[C@H]1c2nnn(-c3ncc(F)cn3)c2CCN1C(=O)c1ccnc(C(F)(F)F)c1F. The van der Waals surface area contributed by atoms with Crippen molar-refractivity contribution in [2.24, 2.45) is 0 Å². The van der Waals surface area contributed by atoms with E-state index in [1.54, 1.807) is 13.8 Å².